The Labute approximate surface area is 110 Å². The first kappa shape index (κ1) is 11.6. The Bertz CT molecular complexity index is 659. The van der Waals surface area contributed by atoms with Crippen LogP contribution in [0.1, 0.15) is 12.2 Å². The summed E-state index contributed by atoms with van der Waals surface area (Å²) in [5, 5.41) is 3.16. The summed E-state index contributed by atoms with van der Waals surface area (Å²) in [5.41, 5.74) is 7.89. The van der Waals surface area contributed by atoms with Crippen LogP contribution in [0.25, 0.3) is 11.1 Å². The van der Waals surface area contributed by atoms with Gasteiger partial charge in [-0.05, 0) is 24.6 Å². The van der Waals surface area contributed by atoms with E-state index in [9.17, 15) is 0 Å². The molecule has 0 unspecified atom stereocenters. The maximum atomic E-state index is 5.70. The summed E-state index contributed by atoms with van der Waals surface area (Å²) in [6.45, 7) is 0.781. The van der Waals surface area contributed by atoms with E-state index >= 15 is 0 Å². The number of hydrogen-bond acceptors (Lipinski definition) is 5. The second kappa shape index (κ2) is 5.01. The van der Waals surface area contributed by atoms with Gasteiger partial charge in [0.05, 0.1) is 0 Å². The summed E-state index contributed by atoms with van der Waals surface area (Å²) in [6, 6.07) is 5.95. The van der Waals surface area contributed by atoms with Crippen molar-refractivity contribution >= 4 is 22.8 Å². The third-order valence-corrected chi connectivity index (χ3v) is 2.83. The first-order valence-electron chi connectivity index (χ1n) is 6.19. The molecular formula is C13H15N5O. The summed E-state index contributed by atoms with van der Waals surface area (Å²) < 4.78 is 5.56. The number of aromatic nitrogens is 3. The average molecular weight is 257 g/mol. The van der Waals surface area contributed by atoms with E-state index < -0.39 is 0 Å². The fourth-order valence-corrected chi connectivity index (χ4v) is 1.91. The van der Waals surface area contributed by atoms with Gasteiger partial charge in [0.1, 0.15) is 11.3 Å². The fourth-order valence-electron chi connectivity index (χ4n) is 1.91. The van der Waals surface area contributed by atoms with E-state index in [2.05, 4.69) is 20.3 Å². The second-order valence-electron chi connectivity index (χ2n) is 4.31. The van der Waals surface area contributed by atoms with Gasteiger partial charge in [0, 0.05) is 31.0 Å². The number of aryl methyl sites for hydroxylation is 1. The van der Waals surface area contributed by atoms with E-state index in [1.54, 1.807) is 18.3 Å². The molecule has 0 radical (unpaired) electrons. The molecule has 1 aromatic carbocycles. The van der Waals surface area contributed by atoms with Gasteiger partial charge in [-0.3, -0.25) is 0 Å². The van der Waals surface area contributed by atoms with Crippen LogP contribution >= 0.6 is 0 Å². The molecule has 98 valence electrons. The van der Waals surface area contributed by atoms with Crippen molar-refractivity contribution in [3.8, 4) is 0 Å². The summed E-state index contributed by atoms with van der Waals surface area (Å²) in [6.07, 6.45) is 5.43. The molecule has 6 heteroatoms. The Morgan fingerprint density at radius 2 is 2.32 bits per heavy atom. The second-order valence-corrected chi connectivity index (χ2v) is 4.31. The Hall–Kier alpha value is -2.50. The highest BCUT2D eigenvalue weighted by Crippen LogP contribution is 2.20. The summed E-state index contributed by atoms with van der Waals surface area (Å²) >= 11 is 0. The molecule has 0 aliphatic rings. The maximum Gasteiger partial charge on any atom is 0.295 e. The number of fused-ring (bicyclic) bond motifs is 1. The van der Waals surface area contributed by atoms with Crippen molar-refractivity contribution in [1.82, 2.24) is 15.0 Å². The van der Waals surface area contributed by atoms with Gasteiger partial charge in [-0.25, -0.2) is 4.98 Å². The number of anilines is 2. The highest BCUT2D eigenvalue weighted by molar-refractivity contribution is 5.78. The van der Waals surface area contributed by atoms with Crippen LogP contribution < -0.4 is 11.1 Å². The number of hydrogen-bond donors (Lipinski definition) is 3. The SMILES string of the molecule is Nc1ccc2oc(NCCCc3ncc[nH]3)nc2c1. The Morgan fingerprint density at radius 1 is 1.37 bits per heavy atom. The van der Waals surface area contributed by atoms with Crippen LogP contribution in [0.15, 0.2) is 35.0 Å². The van der Waals surface area contributed by atoms with Crippen molar-refractivity contribution in [1.29, 1.82) is 0 Å². The lowest BCUT2D eigenvalue weighted by Crippen LogP contribution is -2.03. The molecule has 2 heterocycles. The zero-order chi connectivity index (χ0) is 13.1. The van der Waals surface area contributed by atoms with Crippen molar-refractivity contribution in [2.45, 2.75) is 12.8 Å². The molecule has 4 N–H and O–H groups in total. The van der Waals surface area contributed by atoms with Gasteiger partial charge in [-0.1, -0.05) is 0 Å². The number of benzene rings is 1. The molecular weight excluding hydrogens is 242 g/mol. The summed E-state index contributed by atoms with van der Waals surface area (Å²) in [4.78, 5) is 11.6. The minimum absolute atomic E-state index is 0.528. The van der Waals surface area contributed by atoms with E-state index in [0.717, 1.165) is 36.3 Å². The fraction of sp³-hybridized carbons (Fsp3) is 0.231. The molecule has 3 aromatic rings. The molecule has 0 saturated heterocycles. The van der Waals surface area contributed by atoms with Crippen molar-refractivity contribution in [3.63, 3.8) is 0 Å². The van der Waals surface area contributed by atoms with Crippen LogP contribution in [0.3, 0.4) is 0 Å². The van der Waals surface area contributed by atoms with Crippen LogP contribution in [0, 0.1) is 0 Å². The quantitative estimate of drug-likeness (QED) is 0.481. The monoisotopic (exact) mass is 257 g/mol. The van der Waals surface area contributed by atoms with Crippen molar-refractivity contribution in [2.24, 2.45) is 0 Å². The maximum absolute atomic E-state index is 5.70. The lowest BCUT2D eigenvalue weighted by molar-refractivity contribution is 0.611. The molecule has 2 aromatic heterocycles. The van der Waals surface area contributed by atoms with Gasteiger partial charge >= 0.3 is 0 Å². The van der Waals surface area contributed by atoms with Gasteiger partial charge in [0.15, 0.2) is 5.58 Å². The number of oxazole rings is 1. The Kier molecular flexibility index (Phi) is 3.06. The van der Waals surface area contributed by atoms with Crippen molar-refractivity contribution in [2.75, 3.05) is 17.6 Å². The molecule has 0 fully saturated rings. The number of nitrogen functional groups attached to an aromatic ring is 1. The van der Waals surface area contributed by atoms with Crippen LogP contribution in [-0.4, -0.2) is 21.5 Å². The molecule has 0 amide bonds. The summed E-state index contributed by atoms with van der Waals surface area (Å²) in [7, 11) is 0. The van der Waals surface area contributed by atoms with E-state index in [4.69, 9.17) is 10.2 Å². The standard InChI is InChI=1S/C13H15N5O/c14-9-3-4-11-10(8-9)18-13(19-11)17-5-1-2-12-15-6-7-16-12/h3-4,6-8H,1-2,5,14H2,(H,15,16)(H,17,18). The molecule has 0 aliphatic heterocycles. The lowest BCUT2D eigenvalue weighted by atomic mass is 10.3. The van der Waals surface area contributed by atoms with E-state index in [-0.39, 0.29) is 0 Å². The molecule has 19 heavy (non-hydrogen) atoms. The molecule has 6 nitrogen and oxygen atoms in total. The van der Waals surface area contributed by atoms with Crippen molar-refractivity contribution < 1.29 is 4.42 Å². The number of rotatable bonds is 5. The average Bonchev–Trinajstić information content (AvgIpc) is 3.02. The number of imidazole rings is 1. The van der Waals surface area contributed by atoms with Gasteiger partial charge in [-0.2, -0.15) is 4.98 Å². The minimum atomic E-state index is 0.528. The van der Waals surface area contributed by atoms with E-state index in [0.29, 0.717) is 11.7 Å². The van der Waals surface area contributed by atoms with Gasteiger partial charge in [-0.15, -0.1) is 0 Å². The molecule has 3 rings (SSSR count). The third-order valence-electron chi connectivity index (χ3n) is 2.83. The normalized spacial score (nSPS) is 10.9. The number of aromatic amines is 1. The number of nitrogens with two attached hydrogens (primary N) is 1. The smallest absolute Gasteiger partial charge is 0.295 e. The molecule has 0 spiro atoms. The van der Waals surface area contributed by atoms with Crippen LogP contribution in [0.5, 0.6) is 0 Å². The number of nitrogens with zero attached hydrogens (tertiary/aromatic N) is 2. The van der Waals surface area contributed by atoms with Crippen LogP contribution in [0.2, 0.25) is 0 Å². The third kappa shape index (κ3) is 2.67. The highest BCUT2D eigenvalue weighted by Gasteiger charge is 2.05. The molecule has 0 atom stereocenters. The molecule has 0 bridgehead atoms. The summed E-state index contributed by atoms with van der Waals surface area (Å²) in [5.74, 6) is 0.993. The Morgan fingerprint density at radius 3 is 3.16 bits per heavy atom. The zero-order valence-electron chi connectivity index (χ0n) is 10.4. The number of nitrogens with one attached hydrogen (secondary N) is 2. The predicted octanol–water partition coefficient (Wildman–Crippen LogP) is 2.18. The predicted molar refractivity (Wildman–Crippen MR) is 73.8 cm³/mol. The van der Waals surface area contributed by atoms with Crippen LogP contribution in [0.4, 0.5) is 11.7 Å². The topological polar surface area (TPSA) is 92.8 Å². The molecule has 0 aliphatic carbocycles. The first-order valence-corrected chi connectivity index (χ1v) is 6.19. The zero-order valence-corrected chi connectivity index (χ0v) is 10.4. The van der Waals surface area contributed by atoms with Gasteiger partial charge < -0.3 is 20.5 Å². The lowest BCUT2D eigenvalue weighted by Gasteiger charge is -1.99. The van der Waals surface area contributed by atoms with Gasteiger partial charge in [0.25, 0.3) is 6.01 Å². The Balaban J connectivity index is 1.56. The van der Waals surface area contributed by atoms with E-state index in [1.807, 2.05) is 12.3 Å². The number of H-pyrrole nitrogens is 1. The molecule has 0 saturated carbocycles. The van der Waals surface area contributed by atoms with Crippen molar-refractivity contribution in [3.05, 3.63) is 36.4 Å². The van der Waals surface area contributed by atoms with Crippen LogP contribution in [-0.2, 0) is 6.42 Å². The minimum Gasteiger partial charge on any atom is -0.424 e. The first-order chi connectivity index (χ1) is 9.31. The highest BCUT2D eigenvalue weighted by atomic mass is 16.4. The van der Waals surface area contributed by atoms with Gasteiger partial charge in [0.2, 0.25) is 0 Å². The largest absolute Gasteiger partial charge is 0.424 e. The van der Waals surface area contributed by atoms with E-state index in [1.165, 1.54) is 0 Å².